The number of anilines is 1. The summed E-state index contributed by atoms with van der Waals surface area (Å²) in [4.78, 5) is 28.3. The molecule has 0 atom stereocenters. The Morgan fingerprint density at radius 3 is 2.57 bits per heavy atom. The molecule has 0 bridgehead atoms. The van der Waals surface area contributed by atoms with Gasteiger partial charge in [0.1, 0.15) is 0 Å². The zero-order valence-electron chi connectivity index (χ0n) is 17.1. The minimum Gasteiger partial charge on any atom is -0.334 e. The summed E-state index contributed by atoms with van der Waals surface area (Å²) in [5.74, 6) is 0.467. The molecule has 3 aromatic carbocycles. The van der Waals surface area contributed by atoms with E-state index in [0.29, 0.717) is 29.3 Å². The van der Waals surface area contributed by atoms with E-state index in [0.717, 1.165) is 22.9 Å². The number of carbonyl (C=O) groups excluding carboxylic acids is 2. The van der Waals surface area contributed by atoms with E-state index in [1.807, 2.05) is 65.6 Å². The molecule has 1 heterocycles. The Morgan fingerprint density at radius 1 is 0.933 bits per heavy atom. The molecular weight excluding hydrogens is 372 g/mol. The van der Waals surface area contributed by atoms with Crippen LogP contribution in [0.1, 0.15) is 58.4 Å². The van der Waals surface area contributed by atoms with E-state index in [-0.39, 0.29) is 11.8 Å². The van der Waals surface area contributed by atoms with Crippen LogP contribution in [0, 0.1) is 5.92 Å². The molecule has 5 rings (SSSR count). The highest BCUT2D eigenvalue weighted by molar-refractivity contribution is 6.15. The smallest absolute Gasteiger partial charge is 0.256 e. The van der Waals surface area contributed by atoms with Crippen molar-refractivity contribution in [3.05, 3.63) is 77.4 Å². The van der Waals surface area contributed by atoms with E-state index >= 15 is 0 Å². The first-order valence-corrected chi connectivity index (χ1v) is 10.9. The molecule has 1 saturated carbocycles. The summed E-state index contributed by atoms with van der Waals surface area (Å²) >= 11 is 0. The van der Waals surface area contributed by atoms with Gasteiger partial charge in [-0.2, -0.15) is 0 Å². The zero-order valence-corrected chi connectivity index (χ0v) is 17.1. The molecule has 30 heavy (non-hydrogen) atoms. The Labute approximate surface area is 176 Å². The second-order valence-electron chi connectivity index (χ2n) is 8.51. The number of nitrogens with one attached hydrogen (secondary N) is 1. The largest absolute Gasteiger partial charge is 0.334 e. The Hall–Kier alpha value is -3.14. The van der Waals surface area contributed by atoms with E-state index < -0.39 is 0 Å². The molecule has 1 aliphatic heterocycles. The SMILES string of the molecule is O=C(Nc1cccc2c1C(=O)N(CC1CCCCC1)C2)c1cccc2ccccc12. The highest BCUT2D eigenvalue weighted by atomic mass is 16.2. The number of nitrogens with zero attached hydrogens (tertiary/aromatic N) is 1. The van der Waals surface area contributed by atoms with Crippen LogP contribution in [0.25, 0.3) is 10.8 Å². The molecule has 0 spiro atoms. The van der Waals surface area contributed by atoms with Gasteiger partial charge in [-0.25, -0.2) is 0 Å². The predicted octanol–water partition coefficient (Wildman–Crippen LogP) is 5.63. The number of rotatable bonds is 4. The number of amides is 2. The highest BCUT2D eigenvalue weighted by Crippen LogP contribution is 2.33. The molecule has 1 fully saturated rings. The van der Waals surface area contributed by atoms with Crippen LogP contribution >= 0.6 is 0 Å². The standard InChI is InChI=1S/C26H26N2O2/c29-25(22-14-6-11-19-10-4-5-13-21(19)22)27-23-15-7-12-20-17-28(26(30)24(20)23)16-18-8-2-1-3-9-18/h4-7,10-15,18H,1-3,8-9,16-17H2,(H,27,29). The molecule has 0 unspecified atom stereocenters. The average molecular weight is 399 g/mol. The third kappa shape index (κ3) is 3.47. The molecule has 4 nitrogen and oxygen atoms in total. The zero-order chi connectivity index (χ0) is 20.5. The van der Waals surface area contributed by atoms with Gasteiger partial charge in [0.15, 0.2) is 0 Å². The van der Waals surface area contributed by atoms with Crippen LogP contribution in [0.3, 0.4) is 0 Å². The molecule has 4 heteroatoms. The lowest BCUT2D eigenvalue weighted by Gasteiger charge is -2.26. The Kier molecular flexibility index (Phi) is 4.99. The van der Waals surface area contributed by atoms with Gasteiger partial charge >= 0.3 is 0 Å². The molecule has 1 aliphatic carbocycles. The molecule has 2 aliphatic rings. The van der Waals surface area contributed by atoms with E-state index in [4.69, 9.17) is 0 Å². The van der Waals surface area contributed by atoms with Crippen molar-refractivity contribution >= 4 is 28.3 Å². The third-order valence-electron chi connectivity index (χ3n) is 6.50. The number of benzene rings is 3. The van der Waals surface area contributed by atoms with Crippen molar-refractivity contribution in [2.24, 2.45) is 5.92 Å². The summed E-state index contributed by atoms with van der Waals surface area (Å²) < 4.78 is 0. The molecule has 0 aromatic heterocycles. The van der Waals surface area contributed by atoms with Crippen LogP contribution in [-0.2, 0) is 6.54 Å². The second kappa shape index (κ2) is 7.94. The maximum absolute atomic E-state index is 13.2. The molecule has 0 saturated heterocycles. The Morgan fingerprint density at radius 2 is 1.70 bits per heavy atom. The maximum atomic E-state index is 13.2. The van der Waals surface area contributed by atoms with Gasteiger partial charge in [0.2, 0.25) is 0 Å². The van der Waals surface area contributed by atoms with Crippen LogP contribution in [0.15, 0.2) is 60.7 Å². The van der Waals surface area contributed by atoms with Crippen LogP contribution in [-0.4, -0.2) is 23.3 Å². The first-order valence-electron chi connectivity index (χ1n) is 10.9. The molecular formula is C26H26N2O2. The van der Waals surface area contributed by atoms with E-state index in [1.165, 1.54) is 32.1 Å². The van der Waals surface area contributed by atoms with Crippen LogP contribution in [0.4, 0.5) is 5.69 Å². The van der Waals surface area contributed by atoms with Crippen molar-refractivity contribution < 1.29 is 9.59 Å². The summed E-state index contributed by atoms with van der Waals surface area (Å²) in [7, 11) is 0. The summed E-state index contributed by atoms with van der Waals surface area (Å²) in [5.41, 5.74) is 2.89. The fourth-order valence-electron chi connectivity index (χ4n) is 4.97. The Bertz CT molecular complexity index is 1110. The third-order valence-corrected chi connectivity index (χ3v) is 6.50. The number of carbonyl (C=O) groups is 2. The summed E-state index contributed by atoms with van der Waals surface area (Å²) in [6.07, 6.45) is 6.28. The quantitative estimate of drug-likeness (QED) is 0.619. The second-order valence-corrected chi connectivity index (χ2v) is 8.51. The van der Waals surface area contributed by atoms with Gasteiger partial charge in [-0.15, -0.1) is 0 Å². The van der Waals surface area contributed by atoms with Crippen molar-refractivity contribution in [2.45, 2.75) is 38.6 Å². The monoisotopic (exact) mass is 398 g/mol. The fraction of sp³-hybridized carbons (Fsp3) is 0.308. The first kappa shape index (κ1) is 18.9. The van der Waals surface area contributed by atoms with Crippen molar-refractivity contribution in [2.75, 3.05) is 11.9 Å². The normalized spacial score (nSPS) is 16.7. The predicted molar refractivity (Wildman–Crippen MR) is 120 cm³/mol. The van der Waals surface area contributed by atoms with Crippen LogP contribution in [0.2, 0.25) is 0 Å². The van der Waals surface area contributed by atoms with Crippen molar-refractivity contribution in [1.82, 2.24) is 4.90 Å². The maximum Gasteiger partial charge on any atom is 0.256 e. The molecule has 152 valence electrons. The van der Waals surface area contributed by atoms with Gasteiger partial charge < -0.3 is 10.2 Å². The number of hydrogen-bond donors (Lipinski definition) is 1. The van der Waals surface area contributed by atoms with Gasteiger partial charge in [-0.05, 0) is 47.2 Å². The van der Waals surface area contributed by atoms with E-state index in [9.17, 15) is 9.59 Å². The van der Waals surface area contributed by atoms with Gasteiger partial charge in [-0.1, -0.05) is 67.8 Å². The summed E-state index contributed by atoms with van der Waals surface area (Å²) in [6, 6.07) is 19.3. The lowest BCUT2D eigenvalue weighted by Crippen LogP contribution is -2.31. The van der Waals surface area contributed by atoms with Gasteiger partial charge in [0.05, 0.1) is 11.3 Å². The van der Waals surface area contributed by atoms with Crippen LogP contribution in [0.5, 0.6) is 0 Å². The Balaban J connectivity index is 1.39. The van der Waals surface area contributed by atoms with Gasteiger partial charge in [0.25, 0.3) is 11.8 Å². The fourth-order valence-corrected chi connectivity index (χ4v) is 4.97. The van der Waals surface area contributed by atoms with Crippen LogP contribution < -0.4 is 5.32 Å². The van der Waals surface area contributed by atoms with Crippen molar-refractivity contribution in [3.63, 3.8) is 0 Å². The molecule has 3 aromatic rings. The first-order chi connectivity index (χ1) is 14.7. The molecule has 1 N–H and O–H groups in total. The lowest BCUT2D eigenvalue weighted by atomic mass is 9.89. The summed E-state index contributed by atoms with van der Waals surface area (Å²) in [6.45, 7) is 1.47. The summed E-state index contributed by atoms with van der Waals surface area (Å²) in [5, 5.41) is 4.96. The van der Waals surface area contributed by atoms with E-state index in [1.54, 1.807) is 0 Å². The average Bonchev–Trinajstić information content (AvgIpc) is 3.10. The topological polar surface area (TPSA) is 49.4 Å². The lowest BCUT2D eigenvalue weighted by molar-refractivity contribution is 0.0738. The van der Waals surface area contributed by atoms with Gasteiger partial charge in [0, 0.05) is 18.7 Å². The molecule has 2 amide bonds. The minimum absolute atomic E-state index is 0.0457. The van der Waals surface area contributed by atoms with Crippen molar-refractivity contribution in [3.8, 4) is 0 Å². The number of hydrogen-bond acceptors (Lipinski definition) is 2. The highest BCUT2D eigenvalue weighted by Gasteiger charge is 2.32. The van der Waals surface area contributed by atoms with E-state index in [2.05, 4.69) is 5.32 Å². The minimum atomic E-state index is -0.182. The number of fused-ring (bicyclic) bond motifs is 2. The molecule has 0 radical (unpaired) electrons. The van der Waals surface area contributed by atoms with Gasteiger partial charge in [-0.3, -0.25) is 9.59 Å². The van der Waals surface area contributed by atoms with Crippen molar-refractivity contribution in [1.29, 1.82) is 0 Å².